The third-order valence-corrected chi connectivity index (χ3v) is 4.44. The number of methoxy groups -OCH3 is 1. The Balaban J connectivity index is 0.00000243. The molecule has 0 aliphatic carbocycles. The van der Waals surface area contributed by atoms with E-state index in [1.165, 1.54) is 0 Å². The molecule has 1 aliphatic heterocycles. The van der Waals surface area contributed by atoms with Gasteiger partial charge in [-0.2, -0.15) is 5.10 Å². The number of piperidine rings is 1. The summed E-state index contributed by atoms with van der Waals surface area (Å²) in [4.78, 5) is 13.1. The summed E-state index contributed by atoms with van der Waals surface area (Å²) >= 11 is 0. The van der Waals surface area contributed by atoms with Crippen molar-refractivity contribution in [1.29, 1.82) is 0 Å². The van der Waals surface area contributed by atoms with E-state index in [0.29, 0.717) is 37.5 Å². The number of amides is 1. The van der Waals surface area contributed by atoms with E-state index in [1.807, 2.05) is 36.5 Å². The van der Waals surface area contributed by atoms with E-state index in [0.717, 1.165) is 13.1 Å². The number of halogens is 1. The van der Waals surface area contributed by atoms with E-state index in [9.17, 15) is 4.79 Å². The van der Waals surface area contributed by atoms with Crippen molar-refractivity contribution >= 4 is 24.0 Å². The number of aromatic nitrogens is 2. The zero-order chi connectivity index (χ0) is 17.5. The molecule has 0 saturated carbocycles. The lowest BCUT2D eigenvalue weighted by molar-refractivity contribution is -0.126. The molecule has 1 aromatic heterocycles. The summed E-state index contributed by atoms with van der Waals surface area (Å²) in [6.45, 7) is 2.56. The van der Waals surface area contributed by atoms with Crippen LogP contribution in [0.15, 0.2) is 42.7 Å². The van der Waals surface area contributed by atoms with Gasteiger partial charge in [0.15, 0.2) is 0 Å². The molecule has 3 rings (SSSR count). The third-order valence-electron chi connectivity index (χ3n) is 4.44. The van der Waals surface area contributed by atoms with Gasteiger partial charge in [0.1, 0.15) is 17.9 Å². The van der Waals surface area contributed by atoms with Crippen LogP contribution >= 0.6 is 12.4 Å². The number of rotatable bonds is 7. The SMILES string of the molecule is COCCOc1cccc(NC(=O)C2(n3cccn3)CCNCC2)c1.Cl. The molecule has 0 atom stereocenters. The van der Waals surface area contributed by atoms with E-state index in [4.69, 9.17) is 9.47 Å². The van der Waals surface area contributed by atoms with Gasteiger partial charge in [-0.25, -0.2) is 0 Å². The minimum absolute atomic E-state index is 0. The molecular weight excluding hydrogens is 356 g/mol. The second-order valence-corrected chi connectivity index (χ2v) is 6.06. The molecule has 2 N–H and O–H groups in total. The maximum atomic E-state index is 13.1. The summed E-state index contributed by atoms with van der Waals surface area (Å²) in [7, 11) is 1.63. The second-order valence-electron chi connectivity index (χ2n) is 6.06. The van der Waals surface area contributed by atoms with Crippen LogP contribution < -0.4 is 15.4 Å². The lowest BCUT2D eigenvalue weighted by atomic mass is 9.87. The molecule has 1 fully saturated rings. The molecule has 142 valence electrons. The Kier molecular flexibility index (Phi) is 7.44. The summed E-state index contributed by atoms with van der Waals surface area (Å²) < 4.78 is 12.4. The average Bonchev–Trinajstić information content (AvgIpc) is 3.18. The van der Waals surface area contributed by atoms with Crippen molar-refractivity contribution in [2.45, 2.75) is 18.4 Å². The van der Waals surface area contributed by atoms with E-state index in [2.05, 4.69) is 15.7 Å². The van der Waals surface area contributed by atoms with Gasteiger partial charge in [-0.3, -0.25) is 9.48 Å². The van der Waals surface area contributed by atoms with E-state index in [1.54, 1.807) is 18.0 Å². The highest BCUT2D eigenvalue weighted by molar-refractivity contribution is 5.96. The molecule has 0 radical (unpaired) electrons. The summed E-state index contributed by atoms with van der Waals surface area (Å²) in [6.07, 6.45) is 4.96. The number of carbonyl (C=O) groups is 1. The lowest BCUT2D eigenvalue weighted by Gasteiger charge is -2.36. The van der Waals surface area contributed by atoms with Gasteiger partial charge in [0.2, 0.25) is 0 Å². The fourth-order valence-corrected chi connectivity index (χ4v) is 3.08. The number of nitrogens with one attached hydrogen (secondary N) is 2. The summed E-state index contributed by atoms with van der Waals surface area (Å²) in [6, 6.07) is 9.26. The predicted molar refractivity (Wildman–Crippen MR) is 102 cm³/mol. The molecule has 0 spiro atoms. The first-order chi connectivity index (χ1) is 12.2. The smallest absolute Gasteiger partial charge is 0.252 e. The molecule has 7 nitrogen and oxygen atoms in total. The Morgan fingerprint density at radius 3 is 2.81 bits per heavy atom. The highest BCUT2D eigenvalue weighted by atomic mass is 35.5. The Bertz CT molecular complexity index is 688. The normalized spacial score (nSPS) is 15.7. The molecule has 0 bridgehead atoms. The van der Waals surface area contributed by atoms with Crippen LogP contribution in [-0.4, -0.2) is 49.1 Å². The third kappa shape index (κ3) is 4.55. The highest BCUT2D eigenvalue weighted by Gasteiger charge is 2.42. The number of nitrogens with zero attached hydrogens (tertiary/aromatic N) is 2. The number of anilines is 1. The van der Waals surface area contributed by atoms with Crippen LogP contribution in [0, 0.1) is 0 Å². The monoisotopic (exact) mass is 380 g/mol. The van der Waals surface area contributed by atoms with Gasteiger partial charge in [-0.1, -0.05) is 6.07 Å². The molecule has 1 aromatic carbocycles. The fraction of sp³-hybridized carbons (Fsp3) is 0.444. The van der Waals surface area contributed by atoms with E-state index >= 15 is 0 Å². The van der Waals surface area contributed by atoms with Gasteiger partial charge in [-0.15, -0.1) is 12.4 Å². The van der Waals surface area contributed by atoms with Crippen LogP contribution in [-0.2, 0) is 15.1 Å². The Labute approximate surface area is 159 Å². The van der Waals surface area contributed by atoms with Crippen molar-refractivity contribution in [3.8, 4) is 5.75 Å². The van der Waals surface area contributed by atoms with Crippen LogP contribution in [0.3, 0.4) is 0 Å². The lowest BCUT2D eigenvalue weighted by Crippen LogP contribution is -2.52. The molecule has 1 aliphatic rings. The zero-order valence-corrected chi connectivity index (χ0v) is 15.6. The predicted octanol–water partition coefficient (Wildman–Crippen LogP) is 2.05. The molecule has 1 saturated heterocycles. The number of hydrogen-bond acceptors (Lipinski definition) is 5. The first-order valence-corrected chi connectivity index (χ1v) is 8.49. The van der Waals surface area contributed by atoms with E-state index in [-0.39, 0.29) is 18.3 Å². The Morgan fingerprint density at radius 1 is 1.31 bits per heavy atom. The Morgan fingerprint density at radius 2 is 2.12 bits per heavy atom. The van der Waals surface area contributed by atoms with Gasteiger partial charge < -0.3 is 20.1 Å². The zero-order valence-electron chi connectivity index (χ0n) is 14.8. The second kappa shape index (κ2) is 9.56. The van der Waals surface area contributed by atoms with Gasteiger partial charge in [0.25, 0.3) is 5.91 Å². The van der Waals surface area contributed by atoms with Crippen LogP contribution in [0.25, 0.3) is 0 Å². The first-order valence-electron chi connectivity index (χ1n) is 8.49. The highest BCUT2D eigenvalue weighted by Crippen LogP contribution is 2.29. The largest absolute Gasteiger partial charge is 0.491 e. The summed E-state index contributed by atoms with van der Waals surface area (Å²) in [5, 5.41) is 10.7. The average molecular weight is 381 g/mol. The molecule has 1 amide bonds. The van der Waals surface area contributed by atoms with Gasteiger partial charge in [0, 0.05) is 31.3 Å². The van der Waals surface area contributed by atoms with Crippen LogP contribution in [0.4, 0.5) is 5.69 Å². The summed E-state index contributed by atoms with van der Waals surface area (Å²) in [5.41, 5.74) is 0.0479. The van der Waals surface area contributed by atoms with Crippen molar-refractivity contribution in [2.75, 3.05) is 38.7 Å². The van der Waals surface area contributed by atoms with Gasteiger partial charge in [-0.05, 0) is 44.1 Å². The first kappa shape index (κ1) is 20.2. The van der Waals surface area contributed by atoms with Crippen LogP contribution in [0.1, 0.15) is 12.8 Å². The molecule has 2 aromatic rings. The quantitative estimate of drug-likeness (QED) is 0.719. The van der Waals surface area contributed by atoms with Gasteiger partial charge in [0.05, 0.1) is 6.61 Å². The minimum Gasteiger partial charge on any atom is -0.491 e. The van der Waals surface area contributed by atoms with Crippen molar-refractivity contribution < 1.29 is 14.3 Å². The molecule has 8 heteroatoms. The number of ether oxygens (including phenoxy) is 2. The maximum absolute atomic E-state index is 13.1. The minimum atomic E-state index is -0.665. The van der Waals surface area contributed by atoms with Crippen molar-refractivity contribution in [1.82, 2.24) is 15.1 Å². The topological polar surface area (TPSA) is 77.4 Å². The molecule has 26 heavy (non-hydrogen) atoms. The van der Waals surface area contributed by atoms with Crippen molar-refractivity contribution in [3.05, 3.63) is 42.7 Å². The maximum Gasteiger partial charge on any atom is 0.252 e. The van der Waals surface area contributed by atoms with Crippen LogP contribution in [0.5, 0.6) is 5.75 Å². The molecular formula is C18H25ClN4O3. The van der Waals surface area contributed by atoms with E-state index < -0.39 is 5.54 Å². The fourth-order valence-electron chi connectivity index (χ4n) is 3.08. The number of hydrogen-bond donors (Lipinski definition) is 2. The van der Waals surface area contributed by atoms with Crippen molar-refractivity contribution in [3.63, 3.8) is 0 Å². The Hall–Kier alpha value is -2.09. The standard InChI is InChI=1S/C18H24N4O3.ClH/c1-24-12-13-25-16-5-2-4-15(14-16)21-17(23)18(6-9-19-10-7-18)22-11-3-8-20-22;/h2-5,8,11,14,19H,6-7,9-10,12-13H2,1H3,(H,21,23);1H. The number of benzene rings is 1. The summed E-state index contributed by atoms with van der Waals surface area (Å²) in [5.74, 6) is 0.653. The van der Waals surface area contributed by atoms with Crippen LogP contribution in [0.2, 0.25) is 0 Å². The molecule has 0 unspecified atom stereocenters. The van der Waals surface area contributed by atoms with Crippen molar-refractivity contribution in [2.24, 2.45) is 0 Å². The molecule has 2 heterocycles. The van der Waals surface area contributed by atoms with Gasteiger partial charge >= 0.3 is 0 Å². The number of carbonyl (C=O) groups excluding carboxylic acids is 1.